The van der Waals surface area contributed by atoms with Gasteiger partial charge < -0.3 is 10.1 Å². The molecule has 2 rings (SSSR count). The molecule has 0 aliphatic rings. The molecule has 2 aromatic carbocycles. The van der Waals surface area contributed by atoms with E-state index in [-0.39, 0.29) is 5.69 Å². The van der Waals surface area contributed by atoms with Crippen molar-refractivity contribution >= 4 is 27.3 Å². The highest BCUT2D eigenvalue weighted by Gasteiger charge is 2.14. The standard InChI is InChI=1S/C14H13BrN2O3/c1-20-12-5-6-13(14(8-12)17(18)19)16-9-10-3-2-4-11(15)7-10/h2-8,16H,9H2,1H3. The Morgan fingerprint density at radius 3 is 2.75 bits per heavy atom. The minimum atomic E-state index is -0.425. The van der Waals surface area contributed by atoms with E-state index < -0.39 is 4.92 Å². The number of hydrogen-bond acceptors (Lipinski definition) is 4. The van der Waals surface area contributed by atoms with Gasteiger partial charge in [0.1, 0.15) is 11.4 Å². The van der Waals surface area contributed by atoms with Crippen molar-refractivity contribution in [2.75, 3.05) is 12.4 Å². The molecule has 0 atom stereocenters. The Labute approximate surface area is 124 Å². The van der Waals surface area contributed by atoms with Crippen LogP contribution in [0.2, 0.25) is 0 Å². The summed E-state index contributed by atoms with van der Waals surface area (Å²) in [6, 6.07) is 12.5. The highest BCUT2D eigenvalue weighted by Crippen LogP contribution is 2.29. The summed E-state index contributed by atoms with van der Waals surface area (Å²) in [4.78, 5) is 10.6. The fourth-order valence-corrected chi connectivity index (χ4v) is 2.23. The van der Waals surface area contributed by atoms with E-state index >= 15 is 0 Å². The number of nitrogens with one attached hydrogen (secondary N) is 1. The summed E-state index contributed by atoms with van der Waals surface area (Å²) in [6.07, 6.45) is 0. The molecule has 6 heteroatoms. The fourth-order valence-electron chi connectivity index (χ4n) is 1.78. The number of nitro groups is 1. The van der Waals surface area contributed by atoms with E-state index in [1.54, 1.807) is 12.1 Å². The minimum Gasteiger partial charge on any atom is -0.496 e. The number of methoxy groups -OCH3 is 1. The molecule has 0 bridgehead atoms. The maximum Gasteiger partial charge on any atom is 0.296 e. The zero-order valence-electron chi connectivity index (χ0n) is 10.8. The lowest BCUT2D eigenvalue weighted by Crippen LogP contribution is -2.03. The van der Waals surface area contributed by atoms with Crippen LogP contribution in [0, 0.1) is 10.1 Å². The zero-order chi connectivity index (χ0) is 14.5. The number of benzene rings is 2. The molecular formula is C14H13BrN2O3. The second-order valence-corrected chi connectivity index (χ2v) is 5.04. The largest absolute Gasteiger partial charge is 0.496 e. The average Bonchev–Trinajstić information content (AvgIpc) is 2.45. The van der Waals surface area contributed by atoms with Crippen LogP contribution in [0.3, 0.4) is 0 Å². The molecule has 2 aromatic rings. The molecule has 5 nitrogen and oxygen atoms in total. The van der Waals surface area contributed by atoms with Gasteiger partial charge in [-0.05, 0) is 29.8 Å². The zero-order valence-corrected chi connectivity index (χ0v) is 12.4. The summed E-state index contributed by atoms with van der Waals surface area (Å²) in [6.45, 7) is 0.507. The predicted octanol–water partition coefficient (Wildman–Crippen LogP) is 3.98. The molecule has 20 heavy (non-hydrogen) atoms. The van der Waals surface area contributed by atoms with Crippen molar-refractivity contribution in [1.82, 2.24) is 0 Å². The molecule has 104 valence electrons. The Bertz CT molecular complexity index is 632. The second kappa shape index (κ2) is 6.38. The van der Waals surface area contributed by atoms with Crippen LogP contribution in [0.5, 0.6) is 5.75 Å². The van der Waals surface area contributed by atoms with Gasteiger partial charge in [0.2, 0.25) is 0 Å². The number of rotatable bonds is 5. The van der Waals surface area contributed by atoms with Crippen LogP contribution in [0.4, 0.5) is 11.4 Å². The van der Waals surface area contributed by atoms with Gasteiger partial charge in [-0.3, -0.25) is 10.1 Å². The SMILES string of the molecule is COc1ccc(NCc2cccc(Br)c2)c([N+](=O)[O-])c1. The Morgan fingerprint density at radius 2 is 2.10 bits per heavy atom. The maximum atomic E-state index is 11.1. The quantitative estimate of drug-likeness (QED) is 0.662. The van der Waals surface area contributed by atoms with E-state index in [9.17, 15) is 10.1 Å². The molecule has 0 aliphatic heterocycles. The summed E-state index contributed by atoms with van der Waals surface area (Å²) in [5, 5.41) is 14.1. The van der Waals surface area contributed by atoms with Crippen molar-refractivity contribution < 1.29 is 9.66 Å². The molecule has 0 unspecified atom stereocenters. The molecule has 0 aromatic heterocycles. The number of hydrogen-bond donors (Lipinski definition) is 1. The first-order valence-electron chi connectivity index (χ1n) is 5.91. The second-order valence-electron chi connectivity index (χ2n) is 4.12. The summed E-state index contributed by atoms with van der Waals surface area (Å²) in [5.74, 6) is 0.463. The first-order chi connectivity index (χ1) is 9.60. The molecule has 0 heterocycles. The van der Waals surface area contributed by atoms with Gasteiger partial charge in [0.25, 0.3) is 5.69 Å². The first kappa shape index (κ1) is 14.3. The van der Waals surface area contributed by atoms with Crippen molar-refractivity contribution in [2.24, 2.45) is 0 Å². The summed E-state index contributed by atoms with van der Waals surface area (Å²) in [7, 11) is 1.48. The lowest BCUT2D eigenvalue weighted by molar-refractivity contribution is -0.384. The number of nitro benzene ring substituents is 1. The Morgan fingerprint density at radius 1 is 1.30 bits per heavy atom. The van der Waals surface area contributed by atoms with Crippen molar-refractivity contribution in [1.29, 1.82) is 0 Å². The van der Waals surface area contributed by atoms with Gasteiger partial charge in [-0.15, -0.1) is 0 Å². The third-order valence-corrected chi connectivity index (χ3v) is 3.27. The van der Waals surface area contributed by atoms with Crippen LogP contribution in [0.25, 0.3) is 0 Å². The average molecular weight is 337 g/mol. The van der Waals surface area contributed by atoms with Crippen LogP contribution < -0.4 is 10.1 Å². The van der Waals surface area contributed by atoms with Crippen molar-refractivity contribution in [3.05, 3.63) is 62.6 Å². The molecule has 0 radical (unpaired) electrons. The normalized spacial score (nSPS) is 10.1. The van der Waals surface area contributed by atoms with Gasteiger partial charge in [0.15, 0.2) is 0 Å². The van der Waals surface area contributed by atoms with Crippen LogP contribution in [0.15, 0.2) is 46.9 Å². The lowest BCUT2D eigenvalue weighted by Gasteiger charge is -2.08. The smallest absolute Gasteiger partial charge is 0.296 e. The minimum absolute atomic E-state index is 0.000605. The molecular weight excluding hydrogens is 324 g/mol. The van der Waals surface area contributed by atoms with Crippen LogP contribution >= 0.6 is 15.9 Å². The lowest BCUT2D eigenvalue weighted by atomic mass is 10.2. The number of ether oxygens (including phenoxy) is 1. The first-order valence-corrected chi connectivity index (χ1v) is 6.70. The number of nitrogens with zero attached hydrogens (tertiary/aromatic N) is 1. The van der Waals surface area contributed by atoms with E-state index in [1.165, 1.54) is 13.2 Å². The fraction of sp³-hybridized carbons (Fsp3) is 0.143. The van der Waals surface area contributed by atoms with Gasteiger partial charge in [0.05, 0.1) is 18.1 Å². The summed E-state index contributed by atoms with van der Waals surface area (Å²) >= 11 is 3.39. The van der Waals surface area contributed by atoms with Crippen LogP contribution in [-0.2, 0) is 6.54 Å². The Hall–Kier alpha value is -2.08. The van der Waals surface area contributed by atoms with E-state index in [0.717, 1.165) is 10.0 Å². The Kier molecular flexibility index (Phi) is 4.57. The highest BCUT2D eigenvalue weighted by atomic mass is 79.9. The van der Waals surface area contributed by atoms with Crippen LogP contribution in [0.1, 0.15) is 5.56 Å². The van der Waals surface area contributed by atoms with Crippen molar-refractivity contribution in [3.8, 4) is 5.75 Å². The molecule has 0 fully saturated rings. The van der Waals surface area contributed by atoms with E-state index in [4.69, 9.17) is 4.74 Å². The maximum absolute atomic E-state index is 11.1. The van der Waals surface area contributed by atoms with Gasteiger partial charge in [-0.2, -0.15) is 0 Å². The number of halogens is 1. The third kappa shape index (κ3) is 3.48. The molecule has 0 aliphatic carbocycles. The van der Waals surface area contributed by atoms with Crippen molar-refractivity contribution in [3.63, 3.8) is 0 Å². The monoisotopic (exact) mass is 336 g/mol. The molecule has 1 N–H and O–H groups in total. The van der Waals surface area contributed by atoms with Crippen molar-refractivity contribution in [2.45, 2.75) is 6.54 Å². The van der Waals surface area contributed by atoms with E-state index in [2.05, 4.69) is 21.2 Å². The van der Waals surface area contributed by atoms with Gasteiger partial charge >= 0.3 is 0 Å². The predicted molar refractivity (Wildman–Crippen MR) is 81.1 cm³/mol. The summed E-state index contributed by atoms with van der Waals surface area (Å²) < 4.78 is 5.97. The van der Waals surface area contributed by atoms with E-state index in [1.807, 2.05) is 24.3 Å². The molecule has 0 spiro atoms. The summed E-state index contributed by atoms with van der Waals surface area (Å²) in [5.41, 5.74) is 1.50. The third-order valence-electron chi connectivity index (χ3n) is 2.77. The van der Waals surface area contributed by atoms with Crippen LogP contribution in [-0.4, -0.2) is 12.0 Å². The topological polar surface area (TPSA) is 64.4 Å². The van der Waals surface area contributed by atoms with Gasteiger partial charge in [-0.25, -0.2) is 0 Å². The molecule has 0 saturated heterocycles. The Balaban J connectivity index is 2.18. The number of anilines is 1. The molecule has 0 amide bonds. The highest BCUT2D eigenvalue weighted by molar-refractivity contribution is 9.10. The van der Waals surface area contributed by atoms with E-state index in [0.29, 0.717) is 18.0 Å². The van der Waals surface area contributed by atoms with Gasteiger partial charge in [-0.1, -0.05) is 28.1 Å². The molecule has 0 saturated carbocycles. The van der Waals surface area contributed by atoms with Gasteiger partial charge in [0, 0.05) is 11.0 Å².